The third-order valence-electron chi connectivity index (χ3n) is 3.82. The lowest BCUT2D eigenvalue weighted by atomic mass is 9.85. The van der Waals surface area contributed by atoms with Gasteiger partial charge in [0.25, 0.3) is 0 Å². The van der Waals surface area contributed by atoms with E-state index in [1.54, 1.807) is 0 Å². The predicted octanol–water partition coefficient (Wildman–Crippen LogP) is 0.669. The zero-order valence-corrected chi connectivity index (χ0v) is 12.6. The molecule has 1 saturated heterocycles. The molecule has 0 aromatic heterocycles. The van der Waals surface area contributed by atoms with Crippen molar-refractivity contribution in [3.8, 4) is 5.75 Å². The Balaban J connectivity index is 2.25. The number of nitrogens with two attached hydrogens (primary N) is 1. The number of β-amino-alcohol motifs (C(OH)–C–C–N with tert-alkyl or cyclic N) is 1. The summed E-state index contributed by atoms with van der Waals surface area (Å²) in [5, 5.41) is 10.2. The number of rotatable bonds is 4. The molecule has 1 aliphatic heterocycles. The minimum atomic E-state index is -3.62. The van der Waals surface area contributed by atoms with Crippen molar-refractivity contribution in [3.63, 3.8) is 0 Å². The monoisotopic (exact) mass is 300 g/mol. The predicted molar refractivity (Wildman–Crippen MR) is 76.0 cm³/mol. The number of anilines is 1. The van der Waals surface area contributed by atoms with E-state index in [0.717, 1.165) is 0 Å². The molecule has 0 aliphatic carbocycles. The number of nitrogens with zero attached hydrogens (tertiary/aromatic N) is 1. The standard InChI is InChI=1S/C13H20N2O4S/c1-9(2)13(16)7-15(8-13)20(17,18)10-4-5-11(14)12(6-10)19-3/h4-6,9,16H,7-8,14H2,1-3H3. The van der Waals surface area contributed by atoms with E-state index in [1.807, 2.05) is 13.8 Å². The second kappa shape index (κ2) is 4.91. The first-order valence-corrected chi connectivity index (χ1v) is 7.81. The van der Waals surface area contributed by atoms with Crippen molar-refractivity contribution < 1.29 is 18.3 Å². The summed E-state index contributed by atoms with van der Waals surface area (Å²) in [6.45, 7) is 3.96. The average molecular weight is 300 g/mol. The van der Waals surface area contributed by atoms with Crippen LogP contribution in [0.25, 0.3) is 0 Å². The summed E-state index contributed by atoms with van der Waals surface area (Å²) >= 11 is 0. The van der Waals surface area contributed by atoms with E-state index in [9.17, 15) is 13.5 Å². The fraction of sp³-hybridized carbons (Fsp3) is 0.538. The van der Waals surface area contributed by atoms with Gasteiger partial charge in [-0.15, -0.1) is 0 Å². The second-order valence-corrected chi connectivity index (χ2v) is 7.37. The SMILES string of the molecule is COc1cc(S(=O)(=O)N2CC(O)(C(C)C)C2)ccc1N. The first-order valence-electron chi connectivity index (χ1n) is 6.37. The van der Waals surface area contributed by atoms with Crippen LogP contribution in [0.15, 0.2) is 23.1 Å². The summed E-state index contributed by atoms with van der Waals surface area (Å²) in [5.74, 6) is 0.334. The van der Waals surface area contributed by atoms with Gasteiger partial charge in [0.2, 0.25) is 10.0 Å². The Kier molecular flexibility index (Phi) is 3.70. The Morgan fingerprint density at radius 2 is 2.00 bits per heavy atom. The van der Waals surface area contributed by atoms with Crippen LogP contribution in [-0.2, 0) is 10.0 Å². The summed E-state index contributed by atoms with van der Waals surface area (Å²) in [5.41, 5.74) is 5.12. The van der Waals surface area contributed by atoms with E-state index in [0.29, 0.717) is 11.4 Å². The van der Waals surface area contributed by atoms with Crippen LogP contribution >= 0.6 is 0 Å². The van der Waals surface area contributed by atoms with Crippen LogP contribution in [0.3, 0.4) is 0 Å². The lowest BCUT2D eigenvalue weighted by Crippen LogP contribution is -2.65. The molecule has 1 aromatic carbocycles. The van der Waals surface area contributed by atoms with Gasteiger partial charge in [-0.1, -0.05) is 13.8 Å². The maximum absolute atomic E-state index is 12.4. The topological polar surface area (TPSA) is 92.9 Å². The van der Waals surface area contributed by atoms with E-state index >= 15 is 0 Å². The van der Waals surface area contributed by atoms with E-state index in [2.05, 4.69) is 0 Å². The number of sulfonamides is 1. The maximum atomic E-state index is 12.4. The third-order valence-corrected chi connectivity index (χ3v) is 5.61. The molecule has 1 aromatic rings. The van der Waals surface area contributed by atoms with Crippen molar-refractivity contribution in [2.24, 2.45) is 5.92 Å². The molecule has 20 heavy (non-hydrogen) atoms. The van der Waals surface area contributed by atoms with Gasteiger partial charge in [0, 0.05) is 19.2 Å². The molecule has 0 bridgehead atoms. The summed E-state index contributed by atoms with van der Waals surface area (Å²) in [7, 11) is -2.18. The second-order valence-electron chi connectivity index (χ2n) is 5.44. The van der Waals surface area contributed by atoms with Crippen LogP contribution < -0.4 is 10.5 Å². The summed E-state index contributed by atoms with van der Waals surface area (Å²) in [6.07, 6.45) is 0. The average Bonchev–Trinajstić information content (AvgIpc) is 2.34. The number of nitrogen functional groups attached to an aromatic ring is 1. The zero-order chi connectivity index (χ0) is 15.1. The number of methoxy groups -OCH3 is 1. The van der Waals surface area contributed by atoms with Gasteiger partial charge in [0.15, 0.2) is 0 Å². The van der Waals surface area contributed by atoms with Crippen LogP contribution in [-0.4, -0.2) is 43.6 Å². The van der Waals surface area contributed by atoms with Gasteiger partial charge >= 0.3 is 0 Å². The van der Waals surface area contributed by atoms with Crippen molar-refractivity contribution in [3.05, 3.63) is 18.2 Å². The highest BCUT2D eigenvalue weighted by atomic mass is 32.2. The van der Waals surface area contributed by atoms with Crippen LogP contribution in [0.4, 0.5) is 5.69 Å². The highest BCUT2D eigenvalue weighted by molar-refractivity contribution is 7.89. The molecule has 0 amide bonds. The molecule has 1 aliphatic rings. The van der Waals surface area contributed by atoms with Crippen molar-refractivity contribution >= 4 is 15.7 Å². The molecule has 0 atom stereocenters. The lowest BCUT2D eigenvalue weighted by Gasteiger charge is -2.47. The molecule has 2 rings (SSSR count). The van der Waals surface area contributed by atoms with E-state index in [1.165, 1.54) is 29.6 Å². The van der Waals surface area contributed by atoms with Gasteiger partial charge in [-0.2, -0.15) is 4.31 Å². The molecular formula is C13H20N2O4S. The summed E-state index contributed by atoms with van der Waals surface area (Å²) in [4.78, 5) is 0.120. The first kappa shape index (κ1) is 15.1. The number of ether oxygens (including phenoxy) is 1. The van der Waals surface area contributed by atoms with E-state index in [4.69, 9.17) is 10.5 Å². The van der Waals surface area contributed by atoms with E-state index in [-0.39, 0.29) is 23.9 Å². The molecule has 3 N–H and O–H groups in total. The van der Waals surface area contributed by atoms with Gasteiger partial charge in [-0.3, -0.25) is 0 Å². The molecule has 1 fully saturated rings. The van der Waals surface area contributed by atoms with Crippen molar-refractivity contribution in [1.29, 1.82) is 0 Å². The lowest BCUT2D eigenvalue weighted by molar-refractivity contribution is -0.0932. The minimum Gasteiger partial charge on any atom is -0.495 e. The molecule has 6 nitrogen and oxygen atoms in total. The van der Waals surface area contributed by atoms with Gasteiger partial charge in [-0.25, -0.2) is 8.42 Å². The number of benzene rings is 1. The van der Waals surface area contributed by atoms with Crippen molar-refractivity contribution in [1.82, 2.24) is 4.31 Å². The summed E-state index contributed by atoms with van der Waals surface area (Å²) in [6, 6.07) is 4.34. The first-order chi connectivity index (χ1) is 9.20. The summed E-state index contributed by atoms with van der Waals surface area (Å²) < 4.78 is 31.1. The largest absolute Gasteiger partial charge is 0.495 e. The quantitative estimate of drug-likeness (QED) is 0.797. The fourth-order valence-electron chi connectivity index (χ4n) is 2.10. The minimum absolute atomic E-state index is 0.00917. The number of hydrogen-bond acceptors (Lipinski definition) is 5. The normalized spacial score (nSPS) is 18.9. The number of hydrogen-bond donors (Lipinski definition) is 2. The molecule has 0 radical (unpaired) electrons. The van der Waals surface area contributed by atoms with Crippen LogP contribution in [0.5, 0.6) is 5.75 Å². The Morgan fingerprint density at radius 1 is 1.40 bits per heavy atom. The van der Waals surface area contributed by atoms with Gasteiger partial charge in [-0.05, 0) is 18.1 Å². The smallest absolute Gasteiger partial charge is 0.243 e. The number of aliphatic hydroxyl groups is 1. The van der Waals surface area contributed by atoms with Gasteiger partial charge in [0.05, 0.1) is 23.3 Å². The van der Waals surface area contributed by atoms with Gasteiger partial charge in [0.1, 0.15) is 5.75 Å². The highest BCUT2D eigenvalue weighted by Crippen LogP contribution is 2.34. The Bertz CT molecular complexity index is 607. The van der Waals surface area contributed by atoms with Crippen LogP contribution in [0.1, 0.15) is 13.8 Å². The molecule has 0 spiro atoms. The molecule has 0 saturated carbocycles. The molecule has 112 valence electrons. The van der Waals surface area contributed by atoms with Crippen LogP contribution in [0.2, 0.25) is 0 Å². The maximum Gasteiger partial charge on any atom is 0.243 e. The van der Waals surface area contributed by atoms with Crippen molar-refractivity contribution in [2.45, 2.75) is 24.3 Å². The third kappa shape index (κ3) is 2.36. The van der Waals surface area contributed by atoms with Crippen LogP contribution in [0, 0.1) is 5.92 Å². The fourth-order valence-corrected chi connectivity index (χ4v) is 3.68. The Labute approximate surface area is 119 Å². The molecule has 0 unspecified atom stereocenters. The Morgan fingerprint density at radius 3 is 2.50 bits per heavy atom. The molecular weight excluding hydrogens is 280 g/mol. The van der Waals surface area contributed by atoms with Gasteiger partial charge < -0.3 is 15.6 Å². The molecule has 1 heterocycles. The highest BCUT2D eigenvalue weighted by Gasteiger charge is 2.49. The van der Waals surface area contributed by atoms with E-state index < -0.39 is 15.6 Å². The zero-order valence-electron chi connectivity index (χ0n) is 11.8. The van der Waals surface area contributed by atoms with Crippen molar-refractivity contribution in [2.75, 3.05) is 25.9 Å². The molecule has 7 heteroatoms. The Hall–Kier alpha value is -1.31.